The van der Waals surface area contributed by atoms with Crippen LogP contribution in [0.15, 0.2) is 48.5 Å². The molecule has 146 valence electrons. The highest BCUT2D eigenvalue weighted by Crippen LogP contribution is 2.35. The summed E-state index contributed by atoms with van der Waals surface area (Å²) in [5.74, 6) is 0.700. The minimum Gasteiger partial charge on any atom is -0.371 e. The molecule has 2 aliphatic rings. The summed E-state index contributed by atoms with van der Waals surface area (Å²) in [4.78, 5) is 28.2. The number of nitrogens with zero attached hydrogens (tertiary/aromatic N) is 2. The number of primary amides is 1. The van der Waals surface area contributed by atoms with Crippen molar-refractivity contribution in [3.63, 3.8) is 0 Å². The Morgan fingerprint density at radius 1 is 1.00 bits per heavy atom. The number of hydrogen-bond donors (Lipinski definition) is 1. The molecule has 0 saturated carbocycles. The van der Waals surface area contributed by atoms with Crippen molar-refractivity contribution in [2.45, 2.75) is 12.8 Å². The van der Waals surface area contributed by atoms with Crippen molar-refractivity contribution in [3.8, 4) is 0 Å². The molecule has 4 rings (SSSR count). The van der Waals surface area contributed by atoms with Crippen molar-refractivity contribution in [2.75, 3.05) is 31.1 Å². The summed E-state index contributed by atoms with van der Waals surface area (Å²) in [7, 11) is 0. The van der Waals surface area contributed by atoms with Crippen molar-refractivity contribution >= 4 is 29.1 Å². The minimum absolute atomic E-state index is 0.0278. The van der Waals surface area contributed by atoms with Gasteiger partial charge in [-0.25, -0.2) is 0 Å². The molecule has 0 radical (unpaired) electrons. The largest absolute Gasteiger partial charge is 0.371 e. The number of amides is 2. The van der Waals surface area contributed by atoms with Crippen molar-refractivity contribution in [2.24, 2.45) is 17.6 Å². The first-order chi connectivity index (χ1) is 13.5. The second-order valence-electron chi connectivity index (χ2n) is 7.75. The van der Waals surface area contributed by atoms with Crippen molar-refractivity contribution in [1.29, 1.82) is 0 Å². The average Bonchev–Trinajstić information content (AvgIpc) is 3.26. The number of aryl methyl sites for hydroxylation is 1. The number of anilines is 1. The highest BCUT2D eigenvalue weighted by Gasteiger charge is 2.42. The quantitative estimate of drug-likeness (QED) is 0.843. The van der Waals surface area contributed by atoms with Gasteiger partial charge in [0, 0.05) is 50.1 Å². The molecule has 0 aromatic heterocycles. The van der Waals surface area contributed by atoms with Crippen LogP contribution in [0.2, 0.25) is 5.02 Å². The molecule has 2 aliphatic heterocycles. The molecule has 6 heteroatoms. The summed E-state index contributed by atoms with van der Waals surface area (Å²) in [6.07, 6.45) is 1.04. The maximum atomic E-state index is 12.8. The molecule has 2 fully saturated rings. The molecule has 28 heavy (non-hydrogen) atoms. The lowest BCUT2D eigenvalue weighted by Gasteiger charge is -2.24. The lowest BCUT2D eigenvalue weighted by molar-refractivity contribution is -0.117. The van der Waals surface area contributed by atoms with Crippen molar-refractivity contribution in [1.82, 2.24) is 4.90 Å². The summed E-state index contributed by atoms with van der Waals surface area (Å²) in [6.45, 7) is 3.42. The average molecular weight is 398 g/mol. The van der Waals surface area contributed by atoms with Gasteiger partial charge < -0.3 is 15.5 Å². The fraction of sp³-hybridized carbons (Fsp3) is 0.364. The number of hydrogen-bond acceptors (Lipinski definition) is 3. The lowest BCUT2D eigenvalue weighted by atomic mass is 10.0. The van der Waals surface area contributed by atoms with Crippen molar-refractivity contribution < 1.29 is 9.59 Å². The van der Waals surface area contributed by atoms with E-state index in [4.69, 9.17) is 17.3 Å². The number of fused-ring (bicyclic) bond motifs is 1. The van der Waals surface area contributed by atoms with Crippen molar-refractivity contribution in [3.05, 3.63) is 64.7 Å². The van der Waals surface area contributed by atoms with Gasteiger partial charge in [-0.15, -0.1) is 0 Å². The number of halogens is 1. The first-order valence-corrected chi connectivity index (χ1v) is 10.0. The van der Waals surface area contributed by atoms with E-state index < -0.39 is 0 Å². The molecule has 2 N–H and O–H groups in total. The number of carbonyl (C=O) groups is 2. The van der Waals surface area contributed by atoms with Gasteiger partial charge in [0.25, 0.3) is 5.91 Å². The molecule has 2 saturated heterocycles. The second-order valence-corrected chi connectivity index (χ2v) is 8.16. The first-order valence-electron chi connectivity index (χ1n) is 9.67. The Morgan fingerprint density at radius 3 is 2.39 bits per heavy atom. The highest BCUT2D eigenvalue weighted by molar-refractivity contribution is 6.33. The summed E-state index contributed by atoms with van der Waals surface area (Å²) in [5.41, 5.74) is 8.16. The normalized spacial score (nSPS) is 21.0. The SMILES string of the molecule is NC(=O)CCc1cccc(N2CC3CN(C(=O)c4ccccc4Cl)CC3C2)c1. The van der Waals surface area contributed by atoms with Gasteiger partial charge in [-0.05, 0) is 36.2 Å². The van der Waals surface area contributed by atoms with E-state index in [1.807, 2.05) is 29.2 Å². The van der Waals surface area contributed by atoms with Crippen LogP contribution in [0.3, 0.4) is 0 Å². The van der Waals surface area contributed by atoms with Gasteiger partial charge in [-0.2, -0.15) is 0 Å². The molecule has 5 nitrogen and oxygen atoms in total. The fourth-order valence-electron chi connectivity index (χ4n) is 4.35. The molecule has 2 aromatic rings. The third kappa shape index (κ3) is 3.85. The summed E-state index contributed by atoms with van der Waals surface area (Å²) >= 11 is 6.20. The fourth-order valence-corrected chi connectivity index (χ4v) is 4.57. The van der Waals surface area contributed by atoms with Gasteiger partial charge in [-0.1, -0.05) is 35.9 Å². The molecular weight excluding hydrogens is 374 g/mol. The topological polar surface area (TPSA) is 66.6 Å². The van der Waals surface area contributed by atoms with Gasteiger partial charge in [0.05, 0.1) is 10.6 Å². The molecule has 2 aromatic carbocycles. The predicted octanol–water partition coefficient (Wildman–Crippen LogP) is 2.97. The third-order valence-electron chi connectivity index (χ3n) is 5.81. The van der Waals surface area contributed by atoms with Crippen LogP contribution in [-0.2, 0) is 11.2 Å². The molecular formula is C22H24ClN3O2. The standard InChI is InChI=1S/C22H24ClN3O2/c23-20-7-2-1-6-19(20)22(28)26-13-16-11-25(12-17(16)14-26)18-5-3-4-15(10-18)8-9-21(24)27/h1-7,10,16-17H,8-9,11-14H2,(H2,24,27). The van der Waals surface area contributed by atoms with Crippen LogP contribution in [0.5, 0.6) is 0 Å². The van der Waals surface area contributed by atoms with Crippen LogP contribution in [0.1, 0.15) is 22.3 Å². The Kier molecular flexibility index (Phi) is 5.27. The smallest absolute Gasteiger partial charge is 0.255 e. The van der Waals surface area contributed by atoms with E-state index >= 15 is 0 Å². The first kappa shape index (κ1) is 18.8. The highest BCUT2D eigenvalue weighted by atomic mass is 35.5. The molecule has 0 aliphatic carbocycles. The zero-order valence-electron chi connectivity index (χ0n) is 15.7. The van der Waals surface area contributed by atoms with E-state index in [1.165, 1.54) is 5.69 Å². The van der Waals surface area contributed by atoms with Crippen LogP contribution in [0.4, 0.5) is 5.69 Å². The number of carbonyl (C=O) groups excluding carboxylic acids is 2. The van der Waals surface area contributed by atoms with Gasteiger partial charge in [0.1, 0.15) is 0 Å². The Hall–Kier alpha value is -2.53. The summed E-state index contributed by atoms with van der Waals surface area (Å²) in [5, 5.41) is 0.513. The van der Waals surface area contributed by atoms with E-state index in [9.17, 15) is 9.59 Å². The maximum Gasteiger partial charge on any atom is 0.255 e. The zero-order chi connectivity index (χ0) is 19.7. The number of nitrogens with two attached hydrogens (primary N) is 1. The van der Waals surface area contributed by atoms with Crippen LogP contribution in [0, 0.1) is 11.8 Å². The minimum atomic E-state index is -0.274. The Labute approximate surface area is 170 Å². The zero-order valence-corrected chi connectivity index (χ0v) is 16.4. The number of rotatable bonds is 5. The maximum absolute atomic E-state index is 12.8. The van der Waals surface area contributed by atoms with Crippen LogP contribution >= 0.6 is 11.6 Å². The molecule has 2 unspecified atom stereocenters. The molecule has 0 bridgehead atoms. The van der Waals surface area contributed by atoms with E-state index in [0.717, 1.165) is 31.7 Å². The van der Waals surface area contributed by atoms with Crippen LogP contribution in [-0.4, -0.2) is 42.9 Å². The second kappa shape index (κ2) is 7.84. The van der Waals surface area contributed by atoms with Gasteiger partial charge in [-0.3, -0.25) is 9.59 Å². The molecule has 2 atom stereocenters. The van der Waals surface area contributed by atoms with E-state index in [-0.39, 0.29) is 11.8 Å². The van der Waals surface area contributed by atoms with E-state index in [0.29, 0.717) is 35.3 Å². The lowest BCUT2D eigenvalue weighted by Crippen LogP contribution is -2.33. The Bertz CT molecular complexity index is 887. The van der Waals surface area contributed by atoms with Gasteiger partial charge in [0.15, 0.2) is 0 Å². The number of benzene rings is 2. The summed E-state index contributed by atoms with van der Waals surface area (Å²) in [6, 6.07) is 15.6. The Balaban J connectivity index is 1.39. The van der Waals surface area contributed by atoms with Crippen LogP contribution < -0.4 is 10.6 Å². The van der Waals surface area contributed by atoms with E-state index in [2.05, 4.69) is 17.0 Å². The molecule has 0 spiro atoms. The molecule has 2 heterocycles. The summed E-state index contributed by atoms with van der Waals surface area (Å²) < 4.78 is 0. The van der Waals surface area contributed by atoms with Gasteiger partial charge >= 0.3 is 0 Å². The van der Waals surface area contributed by atoms with E-state index in [1.54, 1.807) is 12.1 Å². The monoisotopic (exact) mass is 397 g/mol. The van der Waals surface area contributed by atoms with Crippen LogP contribution in [0.25, 0.3) is 0 Å². The third-order valence-corrected chi connectivity index (χ3v) is 6.14. The molecule has 2 amide bonds. The number of likely N-dealkylation sites (tertiary alicyclic amines) is 1. The van der Waals surface area contributed by atoms with Gasteiger partial charge in [0.2, 0.25) is 5.91 Å². The Morgan fingerprint density at radius 2 is 1.71 bits per heavy atom. The predicted molar refractivity (Wildman–Crippen MR) is 111 cm³/mol.